The normalized spacial score (nSPS) is 12.2. The first kappa shape index (κ1) is 18.9. The van der Waals surface area contributed by atoms with Gasteiger partial charge in [-0.15, -0.1) is 0 Å². The first-order valence-corrected chi connectivity index (χ1v) is 9.14. The highest BCUT2D eigenvalue weighted by Gasteiger charge is 2.23. The van der Waals surface area contributed by atoms with E-state index in [1.54, 1.807) is 18.2 Å². The first-order chi connectivity index (χ1) is 13.9. The van der Waals surface area contributed by atoms with Crippen LogP contribution in [0, 0.1) is 5.82 Å². The average molecular weight is 412 g/mol. The number of halogens is 2. The van der Waals surface area contributed by atoms with E-state index in [-0.39, 0.29) is 11.4 Å². The van der Waals surface area contributed by atoms with Crippen molar-refractivity contribution in [1.29, 1.82) is 0 Å². The number of aromatic nitrogens is 2. The van der Waals surface area contributed by atoms with Crippen LogP contribution in [-0.2, 0) is 11.2 Å². The molecule has 0 spiro atoms. The monoisotopic (exact) mass is 411 g/mol. The molecule has 0 bridgehead atoms. The van der Waals surface area contributed by atoms with Gasteiger partial charge in [0.05, 0.1) is 16.1 Å². The molecule has 1 heterocycles. The van der Waals surface area contributed by atoms with Gasteiger partial charge in [0.15, 0.2) is 0 Å². The van der Waals surface area contributed by atoms with Gasteiger partial charge in [0.1, 0.15) is 17.7 Å². The van der Waals surface area contributed by atoms with Gasteiger partial charge in [-0.1, -0.05) is 41.9 Å². The molecule has 4 rings (SSSR count). The number of aromatic amines is 1. The Morgan fingerprint density at radius 2 is 1.90 bits per heavy atom. The summed E-state index contributed by atoms with van der Waals surface area (Å²) in [4.78, 5) is 31.4. The van der Waals surface area contributed by atoms with Crippen LogP contribution >= 0.6 is 11.6 Å². The summed E-state index contributed by atoms with van der Waals surface area (Å²) in [7, 11) is 0. The fourth-order valence-corrected chi connectivity index (χ4v) is 3.28. The Kier molecular flexibility index (Phi) is 4.90. The molecule has 29 heavy (non-hydrogen) atoms. The van der Waals surface area contributed by atoms with Crippen molar-refractivity contribution in [3.05, 3.63) is 76.8 Å². The molecule has 8 heteroatoms. The molecule has 0 saturated heterocycles. The maximum Gasteiger partial charge on any atom is 0.326 e. The van der Waals surface area contributed by atoms with Crippen LogP contribution in [0.1, 0.15) is 16.2 Å². The van der Waals surface area contributed by atoms with Gasteiger partial charge in [0.25, 0.3) is 5.91 Å². The standard InChI is InChI=1S/C21H15ClFN3O3/c22-14-8-16-17(9-15(14)23)25-19(24-16)10-18(21(28)29)26-20(27)13-6-5-11-3-1-2-4-12(11)7-13/h1-9,18H,10H2,(H,24,25)(H,26,27)(H,28,29)/t18-/m1/s1. The Hall–Kier alpha value is -3.45. The van der Waals surface area contributed by atoms with E-state index in [1.165, 1.54) is 12.1 Å². The molecule has 0 aliphatic carbocycles. The van der Waals surface area contributed by atoms with Gasteiger partial charge < -0.3 is 15.4 Å². The zero-order chi connectivity index (χ0) is 20.5. The number of H-pyrrole nitrogens is 1. The number of rotatable bonds is 5. The number of carbonyl (C=O) groups is 2. The second-order valence-electron chi connectivity index (χ2n) is 6.60. The highest BCUT2D eigenvalue weighted by molar-refractivity contribution is 6.31. The summed E-state index contributed by atoms with van der Waals surface area (Å²) in [5, 5.41) is 13.8. The highest BCUT2D eigenvalue weighted by atomic mass is 35.5. The molecule has 4 aromatic rings. The van der Waals surface area contributed by atoms with Crippen LogP contribution in [0.25, 0.3) is 21.8 Å². The van der Waals surface area contributed by atoms with Gasteiger partial charge in [0, 0.05) is 18.1 Å². The smallest absolute Gasteiger partial charge is 0.326 e. The van der Waals surface area contributed by atoms with Crippen LogP contribution in [0.4, 0.5) is 4.39 Å². The summed E-state index contributed by atoms with van der Waals surface area (Å²) in [5.41, 5.74) is 1.16. The van der Waals surface area contributed by atoms with Crippen molar-refractivity contribution in [3.63, 3.8) is 0 Å². The van der Waals surface area contributed by atoms with Crippen molar-refractivity contribution in [1.82, 2.24) is 15.3 Å². The van der Waals surface area contributed by atoms with Crippen molar-refractivity contribution in [3.8, 4) is 0 Å². The minimum absolute atomic E-state index is 0.0741. The average Bonchev–Trinajstić information content (AvgIpc) is 3.08. The molecule has 1 amide bonds. The van der Waals surface area contributed by atoms with Crippen LogP contribution in [0.2, 0.25) is 5.02 Å². The van der Waals surface area contributed by atoms with E-state index in [9.17, 15) is 19.1 Å². The van der Waals surface area contributed by atoms with Crippen LogP contribution in [0.3, 0.4) is 0 Å². The molecule has 146 valence electrons. The molecule has 3 N–H and O–H groups in total. The lowest BCUT2D eigenvalue weighted by Crippen LogP contribution is -2.42. The van der Waals surface area contributed by atoms with Gasteiger partial charge in [-0.3, -0.25) is 4.79 Å². The third-order valence-electron chi connectivity index (χ3n) is 4.59. The molecule has 6 nitrogen and oxygen atoms in total. The van der Waals surface area contributed by atoms with E-state index in [2.05, 4.69) is 15.3 Å². The van der Waals surface area contributed by atoms with Gasteiger partial charge in [-0.05, 0) is 29.0 Å². The number of nitrogens with one attached hydrogen (secondary N) is 2. The van der Waals surface area contributed by atoms with Gasteiger partial charge in [0.2, 0.25) is 0 Å². The first-order valence-electron chi connectivity index (χ1n) is 8.77. The van der Waals surface area contributed by atoms with E-state index in [0.29, 0.717) is 22.4 Å². The largest absolute Gasteiger partial charge is 0.480 e. The third-order valence-corrected chi connectivity index (χ3v) is 4.88. The quantitative estimate of drug-likeness (QED) is 0.463. The Labute approximate surface area is 169 Å². The van der Waals surface area contributed by atoms with Crippen LogP contribution in [0.15, 0.2) is 54.6 Å². The van der Waals surface area contributed by atoms with E-state index < -0.39 is 23.7 Å². The van der Waals surface area contributed by atoms with Crippen LogP contribution in [-0.4, -0.2) is 33.0 Å². The number of imidazole rings is 1. The zero-order valence-electron chi connectivity index (χ0n) is 14.9. The predicted octanol–water partition coefficient (Wildman–Crippen LogP) is 3.93. The Morgan fingerprint density at radius 1 is 1.14 bits per heavy atom. The number of nitrogens with zero attached hydrogens (tertiary/aromatic N) is 1. The summed E-state index contributed by atoms with van der Waals surface area (Å²) >= 11 is 5.75. The van der Waals surface area contributed by atoms with E-state index >= 15 is 0 Å². The summed E-state index contributed by atoms with van der Waals surface area (Å²) in [6.45, 7) is 0. The van der Waals surface area contributed by atoms with Crippen molar-refractivity contribution in [2.24, 2.45) is 0 Å². The van der Waals surface area contributed by atoms with Crippen molar-refractivity contribution < 1.29 is 19.1 Å². The molecule has 0 fully saturated rings. The molecule has 0 radical (unpaired) electrons. The third kappa shape index (κ3) is 3.90. The van der Waals surface area contributed by atoms with Gasteiger partial charge >= 0.3 is 5.97 Å². The number of carboxylic acids is 1. The Morgan fingerprint density at radius 3 is 2.66 bits per heavy atom. The molecule has 0 saturated carbocycles. The lowest BCUT2D eigenvalue weighted by atomic mass is 10.1. The van der Waals surface area contributed by atoms with E-state index in [0.717, 1.165) is 10.8 Å². The maximum atomic E-state index is 13.6. The summed E-state index contributed by atoms with van der Waals surface area (Å²) in [6, 6.07) is 14.0. The van der Waals surface area contributed by atoms with E-state index in [4.69, 9.17) is 11.6 Å². The van der Waals surface area contributed by atoms with Gasteiger partial charge in [-0.25, -0.2) is 14.2 Å². The summed E-state index contributed by atoms with van der Waals surface area (Å²) in [5.74, 6) is -2.02. The number of hydrogen-bond acceptors (Lipinski definition) is 3. The molecule has 1 atom stereocenters. The number of hydrogen-bond donors (Lipinski definition) is 3. The Bertz CT molecular complexity index is 1220. The SMILES string of the molecule is O=C(N[C@H](Cc1nc2cc(Cl)c(F)cc2[nH]1)C(=O)O)c1ccc2ccccc2c1. The fourth-order valence-electron chi connectivity index (χ4n) is 3.12. The summed E-state index contributed by atoms with van der Waals surface area (Å²) in [6.07, 6.45) is -0.0947. The lowest BCUT2D eigenvalue weighted by Gasteiger charge is -2.13. The number of fused-ring (bicyclic) bond motifs is 2. The lowest BCUT2D eigenvalue weighted by molar-refractivity contribution is -0.139. The molecule has 3 aromatic carbocycles. The van der Waals surface area contributed by atoms with Gasteiger partial charge in [-0.2, -0.15) is 0 Å². The fraction of sp³-hybridized carbons (Fsp3) is 0.0952. The minimum Gasteiger partial charge on any atom is -0.480 e. The summed E-state index contributed by atoms with van der Waals surface area (Å²) < 4.78 is 13.6. The van der Waals surface area contributed by atoms with Crippen molar-refractivity contribution >= 4 is 45.3 Å². The van der Waals surface area contributed by atoms with E-state index in [1.807, 2.05) is 24.3 Å². The topological polar surface area (TPSA) is 95.1 Å². The highest BCUT2D eigenvalue weighted by Crippen LogP contribution is 2.22. The number of carboxylic acid groups (broad SMARTS) is 1. The number of amides is 1. The second kappa shape index (κ2) is 7.52. The number of benzene rings is 3. The Balaban J connectivity index is 1.55. The van der Waals surface area contributed by atoms with Crippen molar-refractivity contribution in [2.75, 3.05) is 0 Å². The van der Waals surface area contributed by atoms with Crippen molar-refractivity contribution in [2.45, 2.75) is 12.5 Å². The minimum atomic E-state index is -1.21. The second-order valence-corrected chi connectivity index (χ2v) is 7.00. The molecule has 0 unspecified atom stereocenters. The maximum absolute atomic E-state index is 13.6. The molecular weight excluding hydrogens is 397 g/mol. The van der Waals surface area contributed by atoms with Crippen LogP contribution in [0.5, 0.6) is 0 Å². The van der Waals surface area contributed by atoms with Crippen LogP contribution < -0.4 is 5.32 Å². The number of carbonyl (C=O) groups excluding carboxylic acids is 1. The molecular formula is C21H15ClFN3O3. The zero-order valence-corrected chi connectivity index (χ0v) is 15.7. The number of aliphatic carboxylic acids is 1. The molecule has 1 aromatic heterocycles. The predicted molar refractivity (Wildman–Crippen MR) is 108 cm³/mol. The molecule has 0 aliphatic rings. The molecule has 0 aliphatic heterocycles.